The maximum Gasteiger partial charge on any atom is 0.266 e. The number of carbonyl (C=O) groups is 1. The molecule has 4 nitrogen and oxygen atoms in total. The molecule has 0 aliphatic heterocycles. The first-order valence-corrected chi connectivity index (χ1v) is 11.5. The average Bonchev–Trinajstić information content (AvgIpc) is 2.81. The number of benzene rings is 1. The van der Waals surface area contributed by atoms with Crippen LogP contribution in [-0.4, -0.2) is 14.2 Å². The van der Waals surface area contributed by atoms with Gasteiger partial charge in [-0.2, -0.15) is 0 Å². The van der Waals surface area contributed by atoms with Crippen molar-refractivity contribution < 1.29 is 13.2 Å². The van der Waals surface area contributed by atoms with Crippen LogP contribution in [0.2, 0.25) is 0 Å². The smallest absolute Gasteiger partial charge is 0.266 e. The topological polar surface area (TPSA) is 77.2 Å². The van der Waals surface area contributed by atoms with Crippen LogP contribution in [-0.2, 0) is 20.3 Å². The van der Waals surface area contributed by atoms with Crippen LogP contribution >= 0.6 is 10.8 Å². The van der Waals surface area contributed by atoms with Gasteiger partial charge in [-0.15, -0.1) is 0 Å². The second-order valence-corrected chi connectivity index (χ2v) is 11.3. The van der Waals surface area contributed by atoms with Crippen LogP contribution in [0.3, 0.4) is 0 Å². The van der Waals surface area contributed by atoms with E-state index in [9.17, 15) is 13.2 Å². The van der Waals surface area contributed by atoms with Crippen molar-refractivity contribution in [1.29, 1.82) is 0 Å². The van der Waals surface area contributed by atoms with Crippen LogP contribution < -0.4 is 5.14 Å². The summed E-state index contributed by atoms with van der Waals surface area (Å²) in [5, 5.41) is 5.14. The van der Waals surface area contributed by atoms with Crippen LogP contribution in [0, 0.1) is 17.3 Å². The number of hydrogen-bond donors (Lipinski definition) is 1. The number of nitrogens with two attached hydrogens (primary N) is 1. The largest absolute Gasteiger partial charge is 0.299 e. The molecule has 2 N–H and O–H groups in total. The van der Waals surface area contributed by atoms with Gasteiger partial charge in [-0.3, -0.25) is 4.79 Å². The molecule has 0 amide bonds. The Kier molecular flexibility index (Phi) is 3.86. The van der Waals surface area contributed by atoms with Gasteiger partial charge < -0.3 is 0 Å². The van der Waals surface area contributed by atoms with E-state index in [1.54, 1.807) is 0 Å². The fraction of sp³-hybridized carbons (Fsp3) is 0.611. The van der Waals surface area contributed by atoms with Gasteiger partial charge in [-0.25, -0.2) is 13.6 Å². The second kappa shape index (κ2) is 5.58. The summed E-state index contributed by atoms with van der Waals surface area (Å²) in [5.74, 6) is 2.11. The van der Waals surface area contributed by atoms with Crippen LogP contribution in [0.4, 0.5) is 0 Å². The Morgan fingerprint density at radius 2 is 2.00 bits per heavy atom. The number of carbonyl (C=O) groups excluding carboxylic acids is 1. The monoisotopic (exact) mass is 365 g/mol. The lowest BCUT2D eigenvalue weighted by Gasteiger charge is -2.48. The molecule has 24 heavy (non-hydrogen) atoms. The number of hydrogen-bond acceptors (Lipinski definition) is 4. The fourth-order valence-electron chi connectivity index (χ4n) is 5.52. The lowest BCUT2D eigenvalue weighted by atomic mass is 9.55. The van der Waals surface area contributed by atoms with E-state index in [0.717, 1.165) is 49.3 Å². The summed E-state index contributed by atoms with van der Waals surface area (Å²) in [5.41, 5.74) is 2.53. The van der Waals surface area contributed by atoms with Crippen molar-refractivity contribution in [3.63, 3.8) is 0 Å². The second-order valence-electron chi connectivity index (χ2n) is 7.77. The third kappa shape index (κ3) is 2.63. The Morgan fingerprint density at radius 1 is 1.21 bits per heavy atom. The van der Waals surface area contributed by atoms with Crippen molar-refractivity contribution in [2.24, 2.45) is 22.4 Å². The van der Waals surface area contributed by atoms with Crippen molar-refractivity contribution in [2.75, 3.05) is 0 Å². The minimum atomic E-state index is -3.57. The maximum atomic E-state index is 12.4. The molecule has 0 bridgehead atoms. The zero-order chi connectivity index (χ0) is 17.1. The average molecular weight is 366 g/mol. The van der Waals surface area contributed by atoms with E-state index in [2.05, 4.69) is 13.0 Å². The van der Waals surface area contributed by atoms with Crippen molar-refractivity contribution in [3.05, 3.63) is 29.3 Å². The highest BCUT2D eigenvalue weighted by Gasteiger charge is 2.54. The SMILES string of the molecule is C[C@]12CC[C@@H]3c4ccc(SS(N)(=O)=O)cc4CC[C@H]3[C@@H]1CCC2=O. The highest BCUT2D eigenvalue weighted by Crippen LogP contribution is 2.59. The van der Waals surface area contributed by atoms with Gasteiger partial charge >= 0.3 is 0 Å². The van der Waals surface area contributed by atoms with E-state index in [0.29, 0.717) is 28.4 Å². The molecule has 1 aromatic carbocycles. The van der Waals surface area contributed by atoms with E-state index in [4.69, 9.17) is 5.14 Å². The molecule has 0 aromatic heterocycles. The molecule has 1 aromatic rings. The first-order valence-electron chi connectivity index (χ1n) is 8.66. The Hall–Kier alpha value is -0.850. The normalized spacial score (nSPS) is 35.2. The van der Waals surface area contributed by atoms with Gasteiger partial charge in [0, 0.05) is 27.5 Å². The van der Waals surface area contributed by atoms with Gasteiger partial charge in [0.2, 0.25) is 0 Å². The standard InChI is InChI=1S/C18H23NO3S2/c1-18-9-8-14-13-5-3-12(23-24(19,21)22)10-11(13)2-4-15(14)16(18)6-7-17(18)20/h3,5,10,14-16H,2,4,6-9H2,1H3,(H2,19,21,22)/t14-,15-,16+,18+/m1/s1. The highest BCUT2D eigenvalue weighted by atomic mass is 33.1. The fourth-order valence-corrected chi connectivity index (χ4v) is 7.21. The number of Topliss-reactive ketones (excluding diaryl/α,β-unsaturated/α-hetero) is 1. The van der Waals surface area contributed by atoms with E-state index < -0.39 is 9.06 Å². The number of aryl methyl sites for hydroxylation is 1. The zero-order valence-corrected chi connectivity index (χ0v) is 15.5. The highest BCUT2D eigenvalue weighted by molar-refractivity contribution is 8.71. The molecule has 4 rings (SSSR count). The summed E-state index contributed by atoms with van der Waals surface area (Å²) in [6, 6.07) is 5.97. The van der Waals surface area contributed by atoms with Crippen LogP contribution in [0.5, 0.6) is 0 Å². The first kappa shape index (κ1) is 16.6. The minimum absolute atomic E-state index is 0.0951. The molecular weight excluding hydrogens is 342 g/mol. The molecule has 3 aliphatic rings. The molecule has 0 heterocycles. The van der Waals surface area contributed by atoms with Gasteiger partial charge in [0.15, 0.2) is 0 Å². The summed E-state index contributed by atoms with van der Waals surface area (Å²) in [4.78, 5) is 13.1. The van der Waals surface area contributed by atoms with Gasteiger partial charge in [0.05, 0.1) is 0 Å². The molecule has 0 radical (unpaired) electrons. The summed E-state index contributed by atoms with van der Waals surface area (Å²) in [6.45, 7) is 2.19. The molecule has 0 spiro atoms. The van der Waals surface area contributed by atoms with Gasteiger partial charge in [0.1, 0.15) is 5.78 Å². The van der Waals surface area contributed by atoms with Crippen molar-refractivity contribution >= 4 is 25.6 Å². The summed E-state index contributed by atoms with van der Waals surface area (Å²) >= 11 is 0. The predicted octanol–water partition coefficient (Wildman–Crippen LogP) is 3.41. The van der Waals surface area contributed by atoms with Crippen molar-refractivity contribution in [2.45, 2.75) is 56.3 Å². The lowest BCUT2D eigenvalue weighted by molar-refractivity contribution is -0.129. The number of rotatable bonds is 2. The molecule has 2 saturated carbocycles. The number of fused-ring (bicyclic) bond motifs is 5. The van der Waals surface area contributed by atoms with E-state index in [1.165, 1.54) is 11.1 Å². The molecule has 130 valence electrons. The van der Waals surface area contributed by atoms with Gasteiger partial charge in [-0.1, -0.05) is 13.0 Å². The zero-order valence-electron chi connectivity index (χ0n) is 13.8. The third-order valence-electron chi connectivity index (χ3n) is 6.62. The van der Waals surface area contributed by atoms with Crippen molar-refractivity contribution in [1.82, 2.24) is 0 Å². The Labute approximate surface area is 147 Å². The molecule has 4 atom stereocenters. The Bertz CT molecular complexity index is 804. The summed E-state index contributed by atoms with van der Waals surface area (Å²) in [7, 11) is -2.85. The maximum absolute atomic E-state index is 12.4. The molecule has 3 aliphatic carbocycles. The molecular formula is C18H23NO3S2. The van der Waals surface area contributed by atoms with Gasteiger partial charge in [-0.05, 0) is 73.1 Å². The van der Waals surface area contributed by atoms with Crippen molar-refractivity contribution in [3.8, 4) is 0 Å². The summed E-state index contributed by atoms with van der Waals surface area (Å²) < 4.78 is 22.6. The molecule has 0 saturated heterocycles. The van der Waals surface area contributed by atoms with Crippen LogP contribution in [0.25, 0.3) is 0 Å². The summed E-state index contributed by atoms with van der Waals surface area (Å²) in [6.07, 6.45) is 5.93. The predicted molar refractivity (Wildman–Crippen MR) is 95.0 cm³/mol. The van der Waals surface area contributed by atoms with Crippen LogP contribution in [0.15, 0.2) is 23.1 Å². The first-order chi connectivity index (χ1) is 11.3. The molecule has 6 heteroatoms. The molecule has 2 fully saturated rings. The Balaban J connectivity index is 1.65. The van der Waals surface area contributed by atoms with Gasteiger partial charge in [0.25, 0.3) is 9.06 Å². The van der Waals surface area contributed by atoms with E-state index >= 15 is 0 Å². The van der Waals surface area contributed by atoms with E-state index in [-0.39, 0.29) is 5.41 Å². The number of ketones is 1. The molecule has 0 unspecified atom stereocenters. The van der Waals surface area contributed by atoms with Crippen LogP contribution in [0.1, 0.15) is 56.1 Å². The quantitative estimate of drug-likeness (QED) is 0.815. The lowest BCUT2D eigenvalue weighted by Crippen LogP contribution is -2.42. The third-order valence-corrected chi connectivity index (χ3v) is 8.57. The Morgan fingerprint density at radius 3 is 2.75 bits per heavy atom. The minimum Gasteiger partial charge on any atom is -0.299 e. The van der Waals surface area contributed by atoms with E-state index in [1.807, 2.05) is 12.1 Å².